The van der Waals surface area contributed by atoms with Gasteiger partial charge in [-0.1, -0.05) is 24.3 Å². The van der Waals surface area contributed by atoms with Crippen molar-refractivity contribution in [3.8, 4) is 10.4 Å². The highest BCUT2D eigenvalue weighted by molar-refractivity contribution is 7.13. The summed E-state index contributed by atoms with van der Waals surface area (Å²) in [4.78, 5) is 12.1. The second-order valence-electron chi connectivity index (χ2n) is 4.11. The van der Waals surface area contributed by atoms with Crippen molar-refractivity contribution >= 4 is 17.3 Å². The third kappa shape index (κ3) is 2.39. The lowest BCUT2D eigenvalue weighted by Gasteiger charge is -2.07. The summed E-state index contributed by atoms with van der Waals surface area (Å²) < 4.78 is 0. The molecule has 1 aromatic heterocycles. The van der Waals surface area contributed by atoms with Crippen LogP contribution < -0.4 is 0 Å². The summed E-state index contributed by atoms with van der Waals surface area (Å²) in [6.45, 7) is 3.79. The molecule has 0 bridgehead atoms. The quantitative estimate of drug-likeness (QED) is 0.891. The van der Waals surface area contributed by atoms with E-state index < -0.39 is 11.9 Å². The molecule has 0 radical (unpaired) electrons. The first-order chi connectivity index (χ1) is 8.09. The SMILES string of the molecule is Cc1ccsc1-c1ccc(C(C)C(=O)O)cc1. The van der Waals surface area contributed by atoms with E-state index in [1.165, 1.54) is 10.4 Å². The van der Waals surface area contributed by atoms with Crippen LogP contribution >= 0.6 is 11.3 Å². The first-order valence-electron chi connectivity index (χ1n) is 5.47. The Kier molecular flexibility index (Phi) is 3.29. The number of rotatable bonds is 3. The van der Waals surface area contributed by atoms with Gasteiger partial charge in [0.15, 0.2) is 0 Å². The molecule has 2 rings (SSSR count). The maximum Gasteiger partial charge on any atom is 0.310 e. The maximum absolute atomic E-state index is 10.9. The van der Waals surface area contributed by atoms with Gasteiger partial charge in [-0.15, -0.1) is 11.3 Å². The van der Waals surface area contributed by atoms with Gasteiger partial charge in [-0.05, 0) is 42.0 Å². The van der Waals surface area contributed by atoms with E-state index in [-0.39, 0.29) is 0 Å². The zero-order chi connectivity index (χ0) is 12.4. The molecule has 1 N–H and O–H groups in total. The van der Waals surface area contributed by atoms with Crippen molar-refractivity contribution in [1.29, 1.82) is 0 Å². The number of carboxylic acid groups (broad SMARTS) is 1. The van der Waals surface area contributed by atoms with E-state index >= 15 is 0 Å². The zero-order valence-electron chi connectivity index (χ0n) is 9.81. The molecule has 88 valence electrons. The molecule has 0 amide bonds. The minimum absolute atomic E-state index is 0.450. The van der Waals surface area contributed by atoms with Crippen LogP contribution in [0.4, 0.5) is 0 Å². The zero-order valence-corrected chi connectivity index (χ0v) is 10.6. The Morgan fingerprint density at radius 3 is 2.35 bits per heavy atom. The van der Waals surface area contributed by atoms with Crippen LogP contribution in [0.2, 0.25) is 0 Å². The molecule has 0 fully saturated rings. The third-order valence-electron chi connectivity index (χ3n) is 2.91. The average Bonchev–Trinajstić information content (AvgIpc) is 2.74. The summed E-state index contributed by atoms with van der Waals surface area (Å²) in [6, 6.07) is 9.87. The average molecular weight is 246 g/mol. The van der Waals surface area contributed by atoms with Crippen molar-refractivity contribution in [3.63, 3.8) is 0 Å². The van der Waals surface area contributed by atoms with Crippen molar-refractivity contribution in [3.05, 3.63) is 46.8 Å². The molecule has 2 aromatic rings. The van der Waals surface area contributed by atoms with Crippen LogP contribution in [0.15, 0.2) is 35.7 Å². The van der Waals surface area contributed by atoms with Gasteiger partial charge in [0.05, 0.1) is 5.92 Å². The predicted molar refractivity (Wildman–Crippen MR) is 70.5 cm³/mol. The maximum atomic E-state index is 10.9. The van der Waals surface area contributed by atoms with E-state index in [4.69, 9.17) is 5.11 Å². The smallest absolute Gasteiger partial charge is 0.310 e. The van der Waals surface area contributed by atoms with Crippen LogP contribution in [-0.2, 0) is 4.79 Å². The number of carboxylic acids is 1. The highest BCUT2D eigenvalue weighted by atomic mass is 32.1. The monoisotopic (exact) mass is 246 g/mol. The molecule has 0 aliphatic rings. The fourth-order valence-electron chi connectivity index (χ4n) is 1.73. The minimum Gasteiger partial charge on any atom is -0.481 e. The van der Waals surface area contributed by atoms with Gasteiger partial charge in [-0.3, -0.25) is 4.79 Å². The van der Waals surface area contributed by atoms with Gasteiger partial charge in [0.25, 0.3) is 0 Å². The summed E-state index contributed by atoms with van der Waals surface area (Å²) in [7, 11) is 0. The lowest BCUT2D eigenvalue weighted by atomic mass is 9.99. The molecular weight excluding hydrogens is 232 g/mol. The van der Waals surface area contributed by atoms with Crippen molar-refractivity contribution in [1.82, 2.24) is 0 Å². The lowest BCUT2D eigenvalue weighted by molar-refractivity contribution is -0.138. The second-order valence-corrected chi connectivity index (χ2v) is 5.03. The Balaban J connectivity index is 2.31. The van der Waals surface area contributed by atoms with Crippen molar-refractivity contribution in [2.45, 2.75) is 19.8 Å². The molecule has 17 heavy (non-hydrogen) atoms. The normalized spacial score (nSPS) is 12.4. The van der Waals surface area contributed by atoms with E-state index in [1.54, 1.807) is 18.3 Å². The molecular formula is C14H14O2S. The first-order valence-corrected chi connectivity index (χ1v) is 6.35. The van der Waals surface area contributed by atoms with Crippen molar-refractivity contribution in [2.75, 3.05) is 0 Å². The number of hydrogen-bond acceptors (Lipinski definition) is 2. The fourth-order valence-corrected chi connectivity index (χ4v) is 2.67. The highest BCUT2D eigenvalue weighted by Gasteiger charge is 2.13. The van der Waals surface area contributed by atoms with Gasteiger partial charge >= 0.3 is 5.97 Å². The van der Waals surface area contributed by atoms with Gasteiger partial charge in [-0.25, -0.2) is 0 Å². The van der Waals surface area contributed by atoms with E-state index in [1.807, 2.05) is 24.3 Å². The molecule has 1 aromatic carbocycles. The molecule has 3 heteroatoms. The summed E-state index contributed by atoms with van der Waals surface area (Å²) in [6.07, 6.45) is 0. The number of aryl methyl sites for hydroxylation is 1. The number of thiophene rings is 1. The predicted octanol–water partition coefficient (Wildman–Crippen LogP) is 3.91. The molecule has 1 unspecified atom stereocenters. The molecule has 0 saturated carbocycles. The number of benzene rings is 1. The van der Waals surface area contributed by atoms with Gasteiger partial charge in [0.2, 0.25) is 0 Å². The third-order valence-corrected chi connectivity index (χ3v) is 3.97. The Morgan fingerprint density at radius 2 is 1.88 bits per heavy atom. The van der Waals surface area contributed by atoms with Crippen LogP contribution in [0.5, 0.6) is 0 Å². The van der Waals surface area contributed by atoms with Gasteiger partial charge in [-0.2, -0.15) is 0 Å². The van der Waals surface area contributed by atoms with E-state index in [0.717, 1.165) is 11.1 Å². The number of hydrogen-bond donors (Lipinski definition) is 1. The molecule has 2 nitrogen and oxygen atoms in total. The van der Waals surface area contributed by atoms with Crippen molar-refractivity contribution in [2.24, 2.45) is 0 Å². The fraction of sp³-hybridized carbons (Fsp3) is 0.214. The van der Waals surface area contributed by atoms with E-state index in [2.05, 4.69) is 18.4 Å². The summed E-state index contributed by atoms with van der Waals surface area (Å²) in [5.41, 5.74) is 3.25. The van der Waals surface area contributed by atoms with Crippen LogP contribution in [0.25, 0.3) is 10.4 Å². The lowest BCUT2D eigenvalue weighted by Crippen LogP contribution is -2.06. The van der Waals surface area contributed by atoms with Crippen LogP contribution in [0.3, 0.4) is 0 Å². The summed E-state index contributed by atoms with van der Waals surface area (Å²) in [5, 5.41) is 11.0. The Bertz CT molecular complexity index is 525. The standard InChI is InChI=1S/C14H14O2S/c1-9-7-8-17-13(9)12-5-3-11(4-6-12)10(2)14(15)16/h3-8,10H,1-2H3,(H,15,16). The molecule has 1 atom stereocenters. The molecule has 0 aliphatic heterocycles. The topological polar surface area (TPSA) is 37.3 Å². The van der Waals surface area contributed by atoms with Crippen LogP contribution in [0.1, 0.15) is 24.0 Å². The second kappa shape index (κ2) is 4.72. The highest BCUT2D eigenvalue weighted by Crippen LogP contribution is 2.30. The Labute approximate surface area is 105 Å². The van der Waals surface area contributed by atoms with Crippen molar-refractivity contribution < 1.29 is 9.90 Å². The number of carbonyl (C=O) groups is 1. The van der Waals surface area contributed by atoms with Gasteiger partial charge < -0.3 is 5.11 Å². The molecule has 0 saturated heterocycles. The van der Waals surface area contributed by atoms with Gasteiger partial charge in [0.1, 0.15) is 0 Å². The molecule has 0 aliphatic carbocycles. The van der Waals surface area contributed by atoms with E-state index in [0.29, 0.717) is 0 Å². The Hall–Kier alpha value is -1.61. The summed E-state index contributed by atoms with van der Waals surface area (Å²) >= 11 is 1.71. The summed E-state index contributed by atoms with van der Waals surface area (Å²) in [5.74, 6) is -1.24. The minimum atomic E-state index is -0.787. The molecule has 0 spiro atoms. The Morgan fingerprint density at radius 1 is 1.24 bits per heavy atom. The van der Waals surface area contributed by atoms with Gasteiger partial charge in [0, 0.05) is 4.88 Å². The molecule has 1 heterocycles. The van der Waals surface area contributed by atoms with Crippen LogP contribution in [-0.4, -0.2) is 11.1 Å². The largest absolute Gasteiger partial charge is 0.481 e. The number of aliphatic carboxylic acids is 1. The van der Waals surface area contributed by atoms with Crippen LogP contribution in [0, 0.1) is 6.92 Å². The van der Waals surface area contributed by atoms with E-state index in [9.17, 15) is 4.79 Å². The first kappa shape index (κ1) is 11.9.